The van der Waals surface area contributed by atoms with Gasteiger partial charge in [-0.15, -0.1) is 0 Å². The number of carbonyl (C=O) groups excluding carboxylic acids is 1. The van der Waals surface area contributed by atoms with Crippen LogP contribution in [0.25, 0.3) is 0 Å². The Balaban J connectivity index is 1.43. The predicted octanol–water partition coefficient (Wildman–Crippen LogP) is 4.63. The lowest BCUT2D eigenvalue weighted by Gasteiger charge is -2.77. The third-order valence-electron chi connectivity index (χ3n) is 11.0. The molecule has 3 saturated carbocycles. The Bertz CT molecular complexity index is 1090. The lowest BCUT2D eigenvalue weighted by Crippen LogP contribution is -2.87. The number of fused-ring (bicyclic) bond motifs is 1. The van der Waals surface area contributed by atoms with Gasteiger partial charge in [0.05, 0.1) is 24.7 Å². The molecule has 3 spiro atoms. The van der Waals surface area contributed by atoms with E-state index < -0.39 is 34.6 Å². The maximum atomic E-state index is 14.4. The highest BCUT2D eigenvalue weighted by atomic mass is 16.8. The number of ether oxygens (including phenoxy) is 5. The Hall–Kier alpha value is -1.25. The van der Waals surface area contributed by atoms with Crippen LogP contribution in [0.1, 0.15) is 79.6 Å². The number of hydrogen-bond acceptors (Lipinski definition) is 7. The molecule has 4 aliphatic heterocycles. The minimum absolute atomic E-state index is 0.0471. The fourth-order valence-corrected chi connectivity index (χ4v) is 10.1. The summed E-state index contributed by atoms with van der Waals surface area (Å²) in [5.74, 6) is -2.00. The van der Waals surface area contributed by atoms with Gasteiger partial charge >= 0.3 is 0 Å². The van der Waals surface area contributed by atoms with Crippen molar-refractivity contribution in [2.75, 3.05) is 13.2 Å². The zero-order chi connectivity index (χ0) is 26.2. The molecule has 0 aromatic rings. The van der Waals surface area contributed by atoms with E-state index in [2.05, 4.69) is 27.4 Å². The zero-order valence-corrected chi connectivity index (χ0v) is 22.9. The number of unbranched alkanes of at least 4 members (excludes halogenated alkanes) is 1. The topological polar surface area (TPSA) is 83.5 Å². The van der Waals surface area contributed by atoms with Crippen LogP contribution in [0.15, 0.2) is 23.5 Å². The monoisotopic (exact) mass is 514 g/mol. The van der Waals surface area contributed by atoms with Gasteiger partial charge in [-0.25, -0.2) is 0 Å². The zero-order valence-electron chi connectivity index (χ0n) is 22.9. The van der Waals surface area contributed by atoms with Gasteiger partial charge in [0.1, 0.15) is 17.3 Å². The number of aliphatic hydroxyl groups excluding tert-OH is 1. The fourth-order valence-electron chi connectivity index (χ4n) is 10.1. The second kappa shape index (κ2) is 7.48. The summed E-state index contributed by atoms with van der Waals surface area (Å²) in [4.78, 5) is 14.4. The Morgan fingerprint density at radius 1 is 1.16 bits per heavy atom. The molecule has 6 fully saturated rings. The minimum Gasteiger partial charge on any atom is -0.469 e. The van der Waals surface area contributed by atoms with Crippen LogP contribution in [0.3, 0.4) is 0 Å². The Morgan fingerprint density at radius 3 is 2.70 bits per heavy atom. The third kappa shape index (κ3) is 2.69. The second-order valence-corrected chi connectivity index (χ2v) is 13.8. The lowest BCUT2D eigenvalue weighted by atomic mass is 9.36. The van der Waals surface area contributed by atoms with Gasteiger partial charge in [-0.3, -0.25) is 4.79 Å². The average molecular weight is 515 g/mol. The number of allylic oxidation sites excluding steroid dienone is 1. The van der Waals surface area contributed by atoms with E-state index in [0.29, 0.717) is 18.8 Å². The SMILES string of the molecule is C=C1C(=O)[C@@]23[C@@H]4OC(C)(C)O[C@@]25OC[C@]2(C6=C(CC[C@@H](OCCCC)O6)CC(C)(C)[C@H]2[C@@H]5O)[C@@H]3CC[C@@H]14. The van der Waals surface area contributed by atoms with E-state index in [1.54, 1.807) is 0 Å². The lowest BCUT2D eigenvalue weighted by molar-refractivity contribution is -0.527. The van der Waals surface area contributed by atoms with Crippen LogP contribution < -0.4 is 0 Å². The summed E-state index contributed by atoms with van der Waals surface area (Å²) in [5, 5.41) is 12.4. The molecule has 0 amide bonds. The number of ketones is 1. The predicted molar refractivity (Wildman–Crippen MR) is 134 cm³/mol. The second-order valence-electron chi connectivity index (χ2n) is 13.8. The molecule has 8 aliphatic rings. The molecule has 9 atom stereocenters. The largest absolute Gasteiger partial charge is 0.469 e. The van der Waals surface area contributed by atoms with Crippen LogP contribution in [0, 0.1) is 34.0 Å². The van der Waals surface area contributed by atoms with Crippen molar-refractivity contribution in [3.8, 4) is 0 Å². The van der Waals surface area contributed by atoms with Crippen LogP contribution in [0.4, 0.5) is 0 Å². The number of carbonyl (C=O) groups is 1. The first-order valence-electron chi connectivity index (χ1n) is 14.4. The van der Waals surface area contributed by atoms with Crippen molar-refractivity contribution >= 4 is 5.78 Å². The van der Waals surface area contributed by atoms with E-state index in [9.17, 15) is 9.90 Å². The van der Waals surface area contributed by atoms with Crippen LogP contribution in [-0.4, -0.2) is 54.2 Å². The number of rotatable bonds is 4. The Morgan fingerprint density at radius 2 is 1.95 bits per heavy atom. The maximum Gasteiger partial charge on any atom is 0.213 e. The molecule has 4 heterocycles. The minimum atomic E-state index is -1.47. The molecule has 8 rings (SSSR count). The highest BCUT2D eigenvalue weighted by molar-refractivity contribution is 6.05. The summed E-state index contributed by atoms with van der Waals surface area (Å²) < 4.78 is 33.0. The first kappa shape index (κ1) is 24.8. The molecule has 3 saturated heterocycles. The quantitative estimate of drug-likeness (QED) is 0.433. The molecule has 0 aromatic carbocycles. The fraction of sp³-hybridized carbons (Fsp3) is 0.833. The molecule has 204 valence electrons. The molecule has 4 bridgehead atoms. The van der Waals surface area contributed by atoms with Crippen LogP contribution in [0.5, 0.6) is 0 Å². The molecular weight excluding hydrogens is 472 g/mol. The van der Waals surface area contributed by atoms with E-state index in [-0.39, 0.29) is 35.2 Å². The molecule has 1 N–H and O–H groups in total. The van der Waals surface area contributed by atoms with Gasteiger partial charge in [-0.1, -0.05) is 33.8 Å². The van der Waals surface area contributed by atoms with Crippen molar-refractivity contribution in [2.24, 2.45) is 34.0 Å². The van der Waals surface area contributed by atoms with Gasteiger partial charge in [-0.2, -0.15) is 0 Å². The van der Waals surface area contributed by atoms with Gasteiger partial charge in [0.25, 0.3) is 0 Å². The van der Waals surface area contributed by atoms with E-state index in [1.165, 1.54) is 5.57 Å². The number of aliphatic hydroxyl groups is 1. The summed E-state index contributed by atoms with van der Waals surface area (Å²) in [7, 11) is 0. The van der Waals surface area contributed by atoms with Crippen molar-refractivity contribution in [1.82, 2.24) is 0 Å². The molecule has 0 unspecified atom stereocenters. The van der Waals surface area contributed by atoms with Gasteiger partial charge < -0.3 is 28.8 Å². The van der Waals surface area contributed by atoms with Crippen molar-refractivity contribution in [1.29, 1.82) is 0 Å². The molecule has 7 heteroatoms. The van der Waals surface area contributed by atoms with Gasteiger partial charge in [0.15, 0.2) is 17.9 Å². The van der Waals surface area contributed by atoms with E-state index in [1.807, 2.05) is 13.8 Å². The molecule has 4 aliphatic carbocycles. The summed E-state index contributed by atoms with van der Waals surface area (Å²) in [6.45, 7) is 15.7. The van der Waals surface area contributed by atoms with Crippen LogP contribution in [0.2, 0.25) is 0 Å². The van der Waals surface area contributed by atoms with Crippen molar-refractivity contribution < 1.29 is 33.6 Å². The van der Waals surface area contributed by atoms with Crippen molar-refractivity contribution in [3.63, 3.8) is 0 Å². The number of hydrogen-bond donors (Lipinski definition) is 1. The standard InChI is InChI=1S/C30H42O7/c1-7-8-13-33-20-12-9-17-14-26(3,4)21-23(32)30-29-19(28(21,15-34-30)24(17)35-20)11-10-18(16(2)22(29)31)25(29)36-27(5,6)37-30/h18-21,23,25,32H,2,7-15H2,1,3-6H3/t18-,19-,20-,21+,23-,25+,28-,29-,30+/m0/s1. The Kier molecular flexibility index (Phi) is 5.01. The third-order valence-corrected chi connectivity index (χ3v) is 11.0. The first-order chi connectivity index (χ1) is 17.5. The van der Waals surface area contributed by atoms with E-state index >= 15 is 0 Å². The van der Waals surface area contributed by atoms with Crippen LogP contribution in [-0.2, 0) is 28.5 Å². The normalized spacial score (nSPS) is 50.3. The molecule has 0 aromatic heterocycles. The smallest absolute Gasteiger partial charge is 0.213 e. The maximum absolute atomic E-state index is 14.4. The highest BCUT2D eigenvalue weighted by Gasteiger charge is 2.90. The van der Waals surface area contributed by atoms with Gasteiger partial charge in [0.2, 0.25) is 5.79 Å². The summed E-state index contributed by atoms with van der Waals surface area (Å²) in [6, 6.07) is 0. The van der Waals surface area contributed by atoms with E-state index in [0.717, 1.165) is 50.7 Å². The number of Topliss-reactive ketones (excluding diaryl/α,β-unsaturated/α-hetero) is 1. The molecule has 37 heavy (non-hydrogen) atoms. The van der Waals surface area contributed by atoms with Crippen molar-refractivity contribution in [2.45, 2.75) is 110 Å². The highest BCUT2D eigenvalue weighted by Crippen LogP contribution is 2.80. The molecule has 7 nitrogen and oxygen atoms in total. The first-order valence-corrected chi connectivity index (χ1v) is 14.4. The average Bonchev–Trinajstić information content (AvgIpc) is 2.94. The van der Waals surface area contributed by atoms with Crippen LogP contribution >= 0.6 is 0 Å². The van der Waals surface area contributed by atoms with E-state index in [4.69, 9.17) is 23.7 Å². The van der Waals surface area contributed by atoms with Gasteiger partial charge in [0, 0.05) is 18.3 Å². The van der Waals surface area contributed by atoms with Crippen molar-refractivity contribution in [3.05, 3.63) is 23.5 Å². The summed E-state index contributed by atoms with van der Waals surface area (Å²) >= 11 is 0. The molecular formula is C30H42O7. The molecule has 0 radical (unpaired) electrons. The Labute approximate surface area is 219 Å². The van der Waals surface area contributed by atoms with Gasteiger partial charge in [-0.05, 0) is 68.4 Å². The summed E-state index contributed by atoms with van der Waals surface area (Å²) in [6.07, 6.45) is 4.53. The summed E-state index contributed by atoms with van der Waals surface area (Å²) in [5.41, 5.74) is -0.130.